The summed E-state index contributed by atoms with van der Waals surface area (Å²) in [4.78, 5) is 17.7. The van der Waals surface area contributed by atoms with Gasteiger partial charge in [0.2, 0.25) is 0 Å². The van der Waals surface area contributed by atoms with Crippen molar-refractivity contribution in [2.75, 3.05) is 7.05 Å². The zero-order valence-electron chi connectivity index (χ0n) is 12.5. The van der Waals surface area contributed by atoms with Crippen molar-refractivity contribution in [2.45, 2.75) is 19.5 Å². The highest BCUT2D eigenvalue weighted by molar-refractivity contribution is 7.09. The number of nitrogens with zero attached hydrogens (tertiary/aromatic N) is 2. The Labute approximate surface area is 146 Å². The number of carbonyl (C=O) groups excluding carboxylic acids is 1. The van der Waals surface area contributed by atoms with Gasteiger partial charge in [0.05, 0.1) is 0 Å². The molecule has 0 atom stereocenters. The number of thiazole rings is 1. The fourth-order valence-electron chi connectivity index (χ4n) is 1.89. The number of amides is 1. The van der Waals surface area contributed by atoms with Gasteiger partial charge in [-0.15, -0.1) is 36.9 Å². The molecule has 0 saturated carbocycles. The van der Waals surface area contributed by atoms with Crippen molar-refractivity contribution in [1.82, 2.24) is 9.88 Å². The molecule has 10 heteroatoms. The Morgan fingerprint density at radius 2 is 2.12 bits per heavy atom. The Morgan fingerprint density at radius 1 is 1.42 bits per heavy atom. The second kappa shape index (κ2) is 8.32. The quantitative estimate of drug-likeness (QED) is 0.863. The van der Waals surface area contributed by atoms with Crippen molar-refractivity contribution >= 4 is 29.7 Å². The van der Waals surface area contributed by atoms with Crippen LogP contribution in [-0.4, -0.2) is 29.2 Å². The summed E-state index contributed by atoms with van der Waals surface area (Å²) < 4.78 is 40.5. The van der Waals surface area contributed by atoms with E-state index in [1.807, 2.05) is 0 Å². The van der Waals surface area contributed by atoms with Crippen LogP contribution in [0.2, 0.25) is 0 Å². The van der Waals surface area contributed by atoms with Gasteiger partial charge in [-0.25, -0.2) is 4.98 Å². The molecule has 0 aliphatic rings. The van der Waals surface area contributed by atoms with Crippen LogP contribution in [0.1, 0.15) is 21.1 Å². The number of hydrogen-bond acceptors (Lipinski definition) is 5. The number of ether oxygens (including phenoxy) is 1. The largest absolute Gasteiger partial charge is 0.573 e. The standard InChI is InChI=1S/C14H14F3N3O2S.ClH/c1-20(13(21)11-8-23-12(6-18)19-11)7-9-3-2-4-10(5-9)22-14(15,16)17;/h2-5,8H,6-7,18H2,1H3;1H. The third-order valence-electron chi connectivity index (χ3n) is 2.84. The van der Waals surface area contributed by atoms with E-state index in [-0.39, 0.29) is 42.8 Å². The Bertz CT molecular complexity index is 694. The first-order valence-electron chi connectivity index (χ1n) is 6.53. The van der Waals surface area contributed by atoms with Crippen molar-refractivity contribution in [3.8, 4) is 5.75 Å². The first-order chi connectivity index (χ1) is 10.8. The van der Waals surface area contributed by atoms with Crippen LogP contribution in [0.5, 0.6) is 5.75 Å². The second-order valence-corrected chi connectivity index (χ2v) is 5.63. The highest BCUT2D eigenvalue weighted by atomic mass is 35.5. The predicted octanol–water partition coefficient (Wildman–Crippen LogP) is 3.19. The zero-order chi connectivity index (χ0) is 17.0. The average Bonchev–Trinajstić information content (AvgIpc) is 2.93. The van der Waals surface area contributed by atoms with E-state index in [4.69, 9.17) is 5.73 Å². The summed E-state index contributed by atoms with van der Waals surface area (Å²) in [5, 5.41) is 2.24. The van der Waals surface area contributed by atoms with Gasteiger partial charge in [-0.05, 0) is 17.7 Å². The van der Waals surface area contributed by atoms with Crippen LogP contribution in [-0.2, 0) is 13.1 Å². The van der Waals surface area contributed by atoms with E-state index in [2.05, 4.69) is 9.72 Å². The molecule has 0 saturated heterocycles. The van der Waals surface area contributed by atoms with E-state index in [1.54, 1.807) is 18.5 Å². The van der Waals surface area contributed by atoms with Crippen LogP contribution in [0, 0.1) is 0 Å². The number of hydrogen-bond donors (Lipinski definition) is 1. The maximum absolute atomic E-state index is 12.2. The van der Waals surface area contributed by atoms with Gasteiger partial charge in [0.15, 0.2) is 0 Å². The molecule has 1 amide bonds. The number of aromatic nitrogens is 1. The predicted molar refractivity (Wildman–Crippen MR) is 86.2 cm³/mol. The zero-order valence-corrected chi connectivity index (χ0v) is 14.2. The van der Waals surface area contributed by atoms with Gasteiger partial charge >= 0.3 is 6.36 Å². The highest BCUT2D eigenvalue weighted by Crippen LogP contribution is 2.24. The lowest BCUT2D eigenvalue weighted by Crippen LogP contribution is -2.26. The molecule has 0 spiro atoms. The molecule has 0 aliphatic carbocycles. The summed E-state index contributed by atoms with van der Waals surface area (Å²) in [5.74, 6) is -0.655. The Hall–Kier alpha value is -1.84. The van der Waals surface area contributed by atoms with Crippen LogP contribution in [0.4, 0.5) is 13.2 Å². The highest BCUT2D eigenvalue weighted by Gasteiger charge is 2.31. The van der Waals surface area contributed by atoms with E-state index in [1.165, 1.54) is 34.4 Å². The molecule has 0 aliphatic heterocycles. The van der Waals surface area contributed by atoms with Gasteiger partial charge in [-0.1, -0.05) is 12.1 Å². The molecular formula is C14H15ClF3N3O2S. The van der Waals surface area contributed by atoms with Crippen LogP contribution in [0.15, 0.2) is 29.6 Å². The van der Waals surface area contributed by atoms with E-state index in [9.17, 15) is 18.0 Å². The maximum atomic E-state index is 12.2. The average molecular weight is 382 g/mol. The van der Waals surface area contributed by atoms with Crippen LogP contribution in [0.3, 0.4) is 0 Å². The molecule has 1 heterocycles. The maximum Gasteiger partial charge on any atom is 0.573 e. The first kappa shape index (κ1) is 20.2. The molecule has 0 fully saturated rings. The first-order valence-corrected chi connectivity index (χ1v) is 7.41. The van der Waals surface area contributed by atoms with Crippen LogP contribution in [0.25, 0.3) is 0 Å². The van der Waals surface area contributed by atoms with E-state index >= 15 is 0 Å². The van der Waals surface area contributed by atoms with Gasteiger partial charge in [-0.2, -0.15) is 0 Å². The Balaban J connectivity index is 0.00000288. The molecule has 2 aromatic rings. The smallest absolute Gasteiger partial charge is 0.406 e. The van der Waals surface area contributed by atoms with E-state index < -0.39 is 6.36 Å². The minimum Gasteiger partial charge on any atom is -0.406 e. The third kappa shape index (κ3) is 5.66. The fraction of sp³-hybridized carbons (Fsp3) is 0.286. The molecule has 2 N–H and O–H groups in total. The molecule has 5 nitrogen and oxygen atoms in total. The number of carbonyl (C=O) groups is 1. The summed E-state index contributed by atoms with van der Waals surface area (Å²) in [6.45, 7) is 0.377. The number of alkyl halides is 3. The monoisotopic (exact) mass is 381 g/mol. The summed E-state index contributed by atoms with van der Waals surface area (Å²) in [6.07, 6.45) is -4.75. The van der Waals surface area contributed by atoms with Crippen molar-refractivity contribution < 1.29 is 22.7 Å². The lowest BCUT2D eigenvalue weighted by Gasteiger charge is -2.17. The van der Waals surface area contributed by atoms with E-state index in [0.29, 0.717) is 10.6 Å². The number of benzene rings is 1. The molecule has 2 rings (SSSR count). The minimum absolute atomic E-state index is 0. The van der Waals surface area contributed by atoms with Crippen molar-refractivity contribution in [3.05, 3.63) is 45.9 Å². The molecule has 132 valence electrons. The topological polar surface area (TPSA) is 68.5 Å². The molecule has 0 bridgehead atoms. The van der Waals surface area contributed by atoms with Gasteiger partial charge in [0.25, 0.3) is 5.91 Å². The normalized spacial score (nSPS) is 10.9. The SMILES string of the molecule is CN(Cc1cccc(OC(F)(F)F)c1)C(=O)c1csc(CN)n1.Cl. The molecular weight excluding hydrogens is 367 g/mol. The van der Waals surface area contributed by atoms with Gasteiger partial charge in [-0.3, -0.25) is 4.79 Å². The second-order valence-electron chi connectivity index (χ2n) is 4.69. The Kier molecular flexibility index (Phi) is 7.00. The van der Waals surface area contributed by atoms with Gasteiger partial charge in [0.1, 0.15) is 16.5 Å². The van der Waals surface area contributed by atoms with Gasteiger partial charge < -0.3 is 15.4 Å². The van der Waals surface area contributed by atoms with Gasteiger partial charge in [0, 0.05) is 25.5 Å². The van der Waals surface area contributed by atoms with E-state index in [0.717, 1.165) is 0 Å². The van der Waals surface area contributed by atoms with Crippen molar-refractivity contribution in [2.24, 2.45) is 5.73 Å². The lowest BCUT2D eigenvalue weighted by molar-refractivity contribution is -0.274. The third-order valence-corrected chi connectivity index (χ3v) is 3.72. The lowest BCUT2D eigenvalue weighted by atomic mass is 10.2. The van der Waals surface area contributed by atoms with Crippen molar-refractivity contribution in [3.63, 3.8) is 0 Å². The van der Waals surface area contributed by atoms with Crippen molar-refractivity contribution in [1.29, 1.82) is 0 Å². The minimum atomic E-state index is -4.75. The molecule has 0 unspecified atom stereocenters. The molecule has 1 aromatic heterocycles. The number of nitrogens with two attached hydrogens (primary N) is 1. The summed E-state index contributed by atoms with van der Waals surface area (Å²) in [7, 11) is 1.54. The summed E-state index contributed by atoms with van der Waals surface area (Å²) >= 11 is 1.28. The Morgan fingerprint density at radius 3 is 2.71 bits per heavy atom. The number of halogens is 4. The van der Waals surface area contributed by atoms with Crippen LogP contribution >= 0.6 is 23.7 Å². The fourth-order valence-corrected chi connectivity index (χ4v) is 2.53. The molecule has 24 heavy (non-hydrogen) atoms. The molecule has 0 radical (unpaired) electrons. The number of rotatable bonds is 5. The molecule has 1 aromatic carbocycles. The summed E-state index contributed by atoms with van der Waals surface area (Å²) in [5.41, 5.74) is 6.22. The van der Waals surface area contributed by atoms with Crippen LogP contribution < -0.4 is 10.5 Å². The summed E-state index contributed by atoms with van der Waals surface area (Å²) in [6, 6.07) is 5.49.